The van der Waals surface area contributed by atoms with Crippen LogP contribution in [0.3, 0.4) is 0 Å². The first-order valence-corrected chi connectivity index (χ1v) is 9.63. The van der Waals surface area contributed by atoms with Crippen LogP contribution in [0.1, 0.15) is 45.1 Å². The Kier molecular flexibility index (Phi) is 5.44. The average molecular weight is 370 g/mol. The summed E-state index contributed by atoms with van der Waals surface area (Å²) in [5.41, 5.74) is 6.05. The molecule has 3 heterocycles. The Bertz CT molecular complexity index is 862. The number of aromatic amines is 1. The number of H-pyrrole nitrogens is 1. The molecule has 1 aliphatic heterocycles. The predicted octanol–water partition coefficient (Wildman–Crippen LogP) is 2.50. The zero-order chi connectivity index (χ0) is 19.7. The summed E-state index contributed by atoms with van der Waals surface area (Å²) in [6, 6.07) is 4.00. The number of carbonyl (C=O) groups is 2. The first-order valence-electron chi connectivity index (χ1n) is 9.63. The molecule has 1 N–H and O–H groups in total. The largest absolute Gasteiger partial charge is 0.362 e. The second kappa shape index (κ2) is 7.62. The molecule has 6 heteroatoms. The van der Waals surface area contributed by atoms with Crippen molar-refractivity contribution in [1.82, 2.24) is 19.4 Å². The molecule has 6 nitrogen and oxygen atoms in total. The SMILES string of the molecule is Cc1cc(CC(=O)N2CCCN(C(=O)c3cc(C)n(C)c3C)CC2)c(C)[nH]1. The third-order valence-corrected chi connectivity index (χ3v) is 5.74. The number of hydrogen-bond acceptors (Lipinski definition) is 2. The highest BCUT2D eigenvalue weighted by molar-refractivity contribution is 5.95. The van der Waals surface area contributed by atoms with Crippen LogP contribution in [-0.2, 0) is 18.3 Å². The molecular weight excluding hydrogens is 340 g/mol. The monoisotopic (exact) mass is 370 g/mol. The van der Waals surface area contributed by atoms with E-state index in [2.05, 4.69) is 4.98 Å². The highest BCUT2D eigenvalue weighted by Gasteiger charge is 2.25. The second-order valence-corrected chi connectivity index (χ2v) is 7.65. The van der Waals surface area contributed by atoms with Gasteiger partial charge in [-0.15, -0.1) is 0 Å². The summed E-state index contributed by atoms with van der Waals surface area (Å²) in [5.74, 6) is 0.209. The van der Waals surface area contributed by atoms with Crippen molar-refractivity contribution in [1.29, 1.82) is 0 Å². The maximum Gasteiger partial charge on any atom is 0.255 e. The van der Waals surface area contributed by atoms with Crippen LogP contribution in [0.4, 0.5) is 0 Å². The smallest absolute Gasteiger partial charge is 0.255 e. The lowest BCUT2D eigenvalue weighted by molar-refractivity contribution is -0.130. The molecule has 0 radical (unpaired) electrons. The lowest BCUT2D eigenvalue weighted by Crippen LogP contribution is -2.38. The Balaban J connectivity index is 1.64. The van der Waals surface area contributed by atoms with Gasteiger partial charge in [0.05, 0.1) is 12.0 Å². The molecule has 3 rings (SSSR count). The van der Waals surface area contributed by atoms with E-state index in [0.29, 0.717) is 32.6 Å². The molecule has 1 fully saturated rings. The molecule has 0 saturated carbocycles. The third kappa shape index (κ3) is 3.94. The Labute approximate surface area is 161 Å². The van der Waals surface area contributed by atoms with Crippen molar-refractivity contribution in [2.45, 2.75) is 40.5 Å². The van der Waals surface area contributed by atoms with Crippen molar-refractivity contribution in [3.05, 3.63) is 46.0 Å². The molecule has 0 spiro atoms. The van der Waals surface area contributed by atoms with E-state index in [1.807, 2.05) is 61.2 Å². The third-order valence-electron chi connectivity index (χ3n) is 5.74. The number of rotatable bonds is 3. The Hall–Kier alpha value is -2.50. The normalized spacial score (nSPS) is 15.1. The predicted molar refractivity (Wildman–Crippen MR) is 106 cm³/mol. The number of amides is 2. The van der Waals surface area contributed by atoms with E-state index >= 15 is 0 Å². The first kappa shape index (κ1) is 19.3. The zero-order valence-electron chi connectivity index (χ0n) is 17.1. The van der Waals surface area contributed by atoms with E-state index in [-0.39, 0.29) is 11.8 Å². The molecule has 2 amide bonds. The summed E-state index contributed by atoms with van der Waals surface area (Å²) < 4.78 is 2.04. The molecule has 0 aromatic carbocycles. The average Bonchev–Trinajstić information content (AvgIpc) is 2.95. The molecule has 2 aromatic heterocycles. The van der Waals surface area contributed by atoms with Gasteiger partial charge in [-0.05, 0) is 51.8 Å². The zero-order valence-corrected chi connectivity index (χ0v) is 17.1. The summed E-state index contributed by atoms with van der Waals surface area (Å²) in [5, 5.41) is 0. The van der Waals surface area contributed by atoms with Crippen LogP contribution in [0.15, 0.2) is 12.1 Å². The van der Waals surface area contributed by atoms with Gasteiger partial charge in [-0.1, -0.05) is 0 Å². The number of hydrogen-bond donors (Lipinski definition) is 1. The van der Waals surface area contributed by atoms with Crippen molar-refractivity contribution in [2.24, 2.45) is 7.05 Å². The Morgan fingerprint density at radius 1 is 1.00 bits per heavy atom. The molecule has 0 bridgehead atoms. The fraction of sp³-hybridized carbons (Fsp3) is 0.524. The van der Waals surface area contributed by atoms with Gasteiger partial charge in [0.2, 0.25) is 5.91 Å². The standard InChI is InChI=1S/C21H30N4O2/c1-14-11-18(16(3)22-14)13-20(26)24-7-6-8-25(10-9-24)21(27)19-12-15(2)23(5)17(19)4/h11-12,22H,6-10,13H2,1-5H3. The Morgan fingerprint density at radius 2 is 1.67 bits per heavy atom. The summed E-state index contributed by atoms with van der Waals surface area (Å²) in [4.78, 5) is 32.7. The van der Waals surface area contributed by atoms with Gasteiger partial charge in [0, 0.05) is 56.0 Å². The number of carbonyl (C=O) groups excluding carboxylic acids is 2. The molecule has 1 saturated heterocycles. The summed E-state index contributed by atoms with van der Waals surface area (Å²) in [6.45, 7) is 10.6. The van der Waals surface area contributed by atoms with Crippen molar-refractivity contribution < 1.29 is 9.59 Å². The quantitative estimate of drug-likeness (QED) is 0.902. The fourth-order valence-corrected chi connectivity index (χ4v) is 3.85. The van der Waals surface area contributed by atoms with Gasteiger partial charge < -0.3 is 19.4 Å². The van der Waals surface area contributed by atoms with Gasteiger partial charge in [0.1, 0.15) is 0 Å². The van der Waals surface area contributed by atoms with Crippen molar-refractivity contribution in [2.75, 3.05) is 26.2 Å². The topological polar surface area (TPSA) is 61.3 Å². The molecular formula is C21H30N4O2. The van der Waals surface area contributed by atoms with E-state index in [1.54, 1.807) is 0 Å². The number of nitrogens with zero attached hydrogens (tertiary/aromatic N) is 3. The van der Waals surface area contributed by atoms with Gasteiger partial charge in [-0.25, -0.2) is 0 Å². The van der Waals surface area contributed by atoms with E-state index in [9.17, 15) is 9.59 Å². The highest BCUT2D eigenvalue weighted by Crippen LogP contribution is 2.18. The molecule has 146 valence electrons. The van der Waals surface area contributed by atoms with E-state index in [0.717, 1.165) is 40.3 Å². The fourth-order valence-electron chi connectivity index (χ4n) is 3.85. The van der Waals surface area contributed by atoms with Crippen molar-refractivity contribution in [3.8, 4) is 0 Å². The van der Waals surface area contributed by atoms with Crippen molar-refractivity contribution in [3.63, 3.8) is 0 Å². The van der Waals surface area contributed by atoms with Gasteiger partial charge >= 0.3 is 0 Å². The molecule has 27 heavy (non-hydrogen) atoms. The summed E-state index contributed by atoms with van der Waals surface area (Å²) in [7, 11) is 1.98. The maximum absolute atomic E-state index is 13.0. The molecule has 0 aliphatic carbocycles. The van der Waals surface area contributed by atoms with Gasteiger partial charge in [0.15, 0.2) is 0 Å². The van der Waals surface area contributed by atoms with Gasteiger partial charge in [-0.2, -0.15) is 0 Å². The Morgan fingerprint density at radius 3 is 2.26 bits per heavy atom. The van der Waals surface area contributed by atoms with E-state index in [1.165, 1.54) is 0 Å². The molecule has 0 unspecified atom stereocenters. The van der Waals surface area contributed by atoms with Crippen LogP contribution in [-0.4, -0.2) is 57.3 Å². The van der Waals surface area contributed by atoms with Crippen LogP contribution in [0.25, 0.3) is 0 Å². The maximum atomic E-state index is 13.0. The first-order chi connectivity index (χ1) is 12.8. The number of nitrogens with one attached hydrogen (secondary N) is 1. The minimum absolute atomic E-state index is 0.0719. The van der Waals surface area contributed by atoms with Crippen LogP contribution in [0.5, 0.6) is 0 Å². The van der Waals surface area contributed by atoms with Crippen LogP contribution >= 0.6 is 0 Å². The number of aromatic nitrogens is 2. The molecule has 1 aliphatic rings. The molecule has 2 aromatic rings. The summed E-state index contributed by atoms with van der Waals surface area (Å²) >= 11 is 0. The number of aryl methyl sites for hydroxylation is 3. The highest BCUT2D eigenvalue weighted by atomic mass is 16.2. The van der Waals surface area contributed by atoms with Crippen LogP contribution in [0.2, 0.25) is 0 Å². The summed E-state index contributed by atoms with van der Waals surface area (Å²) in [6.07, 6.45) is 1.23. The van der Waals surface area contributed by atoms with E-state index in [4.69, 9.17) is 0 Å². The lowest BCUT2D eigenvalue weighted by atomic mass is 10.1. The van der Waals surface area contributed by atoms with Crippen molar-refractivity contribution >= 4 is 11.8 Å². The molecule has 0 atom stereocenters. The van der Waals surface area contributed by atoms with Crippen LogP contribution in [0, 0.1) is 27.7 Å². The minimum Gasteiger partial charge on any atom is -0.362 e. The minimum atomic E-state index is 0.0719. The lowest BCUT2D eigenvalue weighted by Gasteiger charge is -2.22. The van der Waals surface area contributed by atoms with Crippen LogP contribution < -0.4 is 0 Å². The van der Waals surface area contributed by atoms with Gasteiger partial charge in [0.25, 0.3) is 5.91 Å². The second-order valence-electron chi connectivity index (χ2n) is 7.65. The van der Waals surface area contributed by atoms with E-state index < -0.39 is 0 Å². The van der Waals surface area contributed by atoms with Gasteiger partial charge in [-0.3, -0.25) is 9.59 Å².